The van der Waals surface area contributed by atoms with Crippen molar-refractivity contribution < 1.29 is 19.4 Å². The fraction of sp³-hybridized carbons (Fsp3) is 0.310. The number of aliphatic hydroxyl groups is 1. The first-order valence-electron chi connectivity index (χ1n) is 12.6. The Morgan fingerprint density at radius 3 is 2.50 bits per heavy atom. The Morgan fingerprint density at radius 1 is 1.05 bits per heavy atom. The predicted octanol–water partition coefficient (Wildman–Crippen LogP) is 7.03. The van der Waals surface area contributed by atoms with Gasteiger partial charge in [0.1, 0.15) is 5.75 Å². The highest BCUT2D eigenvalue weighted by Gasteiger charge is 2.46. The Labute approximate surface area is 229 Å². The van der Waals surface area contributed by atoms with Gasteiger partial charge < -0.3 is 9.84 Å². The Morgan fingerprint density at radius 2 is 1.82 bits per heavy atom. The van der Waals surface area contributed by atoms with Crippen molar-refractivity contribution in [3.63, 3.8) is 0 Å². The van der Waals surface area contributed by atoms with Crippen molar-refractivity contribution in [3.05, 3.63) is 80.5 Å². The molecule has 0 spiro atoms. The summed E-state index contributed by atoms with van der Waals surface area (Å²) >= 11 is 2.62. The number of ether oxygens (including phenoxy) is 1. The number of thiazole rings is 2. The van der Waals surface area contributed by atoms with Crippen molar-refractivity contribution in [3.8, 4) is 5.75 Å². The molecule has 0 radical (unpaired) electrons. The van der Waals surface area contributed by atoms with Gasteiger partial charge in [0.25, 0.3) is 5.91 Å². The van der Waals surface area contributed by atoms with E-state index < -0.39 is 23.5 Å². The van der Waals surface area contributed by atoms with Gasteiger partial charge in [-0.1, -0.05) is 49.3 Å². The van der Waals surface area contributed by atoms with Crippen LogP contribution in [-0.2, 0) is 4.79 Å². The molecule has 1 amide bonds. The fourth-order valence-corrected chi connectivity index (χ4v) is 6.59. The third kappa shape index (κ3) is 4.83. The van der Waals surface area contributed by atoms with Crippen LogP contribution < -0.4 is 9.64 Å². The molecule has 1 unspecified atom stereocenters. The van der Waals surface area contributed by atoms with Gasteiger partial charge in [0, 0.05) is 0 Å². The summed E-state index contributed by atoms with van der Waals surface area (Å²) in [5, 5.41) is 12.3. The molecular weight excluding hydrogens is 518 g/mol. The van der Waals surface area contributed by atoms with E-state index in [4.69, 9.17) is 9.72 Å². The highest BCUT2D eigenvalue weighted by atomic mass is 32.1. The van der Waals surface area contributed by atoms with Crippen molar-refractivity contribution in [1.29, 1.82) is 0 Å². The summed E-state index contributed by atoms with van der Waals surface area (Å²) in [6.07, 6.45) is 3.19. The summed E-state index contributed by atoms with van der Waals surface area (Å²) in [6.45, 7) is 8.36. The lowest BCUT2D eigenvalue weighted by Gasteiger charge is -2.24. The topological polar surface area (TPSA) is 92.6 Å². The van der Waals surface area contributed by atoms with Gasteiger partial charge in [0.2, 0.25) is 5.78 Å². The molecule has 7 nitrogen and oxygen atoms in total. The van der Waals surface area contributed by atoms with Gasteiger partial charge in [0.15, 0.2) is 10.9 Å². The third-order valence-electron chi connectivity index (χ3n) is 6.51. The molecule has 4 aromatic rings. The lowest BCUT2D eigenvalue weighted by molar-refractivity contribution is -0.117. The second-order valence-corrected chi connectivity index (χ2v) is 11.6. The molecule has 38 heavy (non-hydrogen) atoms. The number of aromatic nitrogens is 2. The molecule has 1 N–H and O–H groups in total. The molecule has 1 atom stereocenters. The van der Waals surface area contributed by atoms with Gasteiger partial charge in [-0.3, -0.25) is 14.5 Å². The number of ketones is 1. The van der Waals surface area contributed by atoms with Crippen LogP contribution in [0.2, 0.25) is 0 Å². The normalized spacial score (nSPS) is 15.6. The number of hydrogen-bond acceptors (Lipinski definition) is 8. The lowest BCUT2D eigenvalue weighted by Crippen LogP contribution is -2.31. The molecule has 5 rings (SSSR count). The van der Waals surface area contributed by atoms with Crippen molar-refractivity contribution in [2.45, 2.75) is 53.0 Å². The Balaban J connectivity index is 1.57. The van der Waals surface area contributed by atoms with Crippen LogP contribution in [0.3, 0.4) is 0 Å². The van der Waals surface area contributed by atoms with E-state index in [1.165, 1.54) is 27.6 Å². The Bertz CT molecular complexity index is 1550. The van der Waals surface area contributed by atoms with Crippen molar-refractivity contribution in [1.82, 2.24) is 9.97 Å². The van der Waals surface area contributed by atoms with Gasteiger partial charge in [0.05, 0.1) is 44.0 Å². The maximum Gasteiger partial charge on any atom is 0.296 e. The number of carbonyl (C=O) groups excluding carboxylic acids is 2. The summed E-state index contributed by atoms with van der Waals surface area (Å²) in [7, 11) is 0. The van der Waals surface area contributed by atoms with E-state index in [0.29, 0.717) is 33.6 Å². The molecule has 1 aliphatic rings. The summed E-state index contributed by atoms with van der Waals surface area (Å²) in [5.74, 6) is -0.886. The van der Waals surface area contributed by atoms with E-state index in [1.54, 1.807) is 6.92 Å². The summed E-state index contributed by atoms with van der Waals surface area (Å²) < 4.78 is 6.79. The standard InChI is InChI=1S/C29H29N3O4S2/c1-5-6-7-14-36-20-11-9-19(10-12-20)24-23(25(33)27-17(3)30-18(4)37-27)26(34)28(35)32(24)29-31-21-13-8-16(2)15-22(21)38-29/h8-13,15,24,34H,5-7,14H2,1-4H3. The molecule has 0 saturated heterocycles. The summed E-state index contributed by atoms with van der Waals surface area (Å²) in [5.41, 5.74) is 3.13. The molecule has 0 fully saturated rings. The molecule has 0 aliphatic carbocycles. The van der Waals surface area contributed by atoms with Crippen LogP contribution in [-0.4, -0.2) is 33.4 Å². The van der Waals surface area contributed by atoms with Crippen molar-refractivity contribution in [2.75, 3.05) is 11.5 Å². The number of amides is 1. The number of Topliss-reactive ketones (excluding diaryl/α,β-unsaturated/α-hetero) is 1. The maximum atomic E-state index is 13.8. The maximum absolute atomic E-state index is 13.8. The van der Waals surface area contributed by atoms with E-state index in [2.05, 4.69) is 11.9 Å². The Hall–Kier alpha value is -3.56. The quantitative estimate of drug-likeness (QED) is 0.179. The number of carbonyl (C=O) groups is 2. The molecule has 0 saturated carbocycles. The summed E-state index contributed by atoms with van der Waals surface area (Å²) in [6, 6.07) is 12.4. The van der Waals surface area contributed by atoms with Gasteiger partial charge in [-0.15, -0.1) is 11.3 Å². The molecule has 0 bridgehead atoms. The molecule has 196 valence electrons. The Kier molecular flexibility index (Phi) is 7.32. The highest BCUT2D eigenvalue weighted by Crippen LogP contribution is 2.45. The number of hydrogen-bond donors (Lipinski definition) is 1. The van der Waals surface area contributed by atoms with Crippen LogP contribution in [0.1, 0.15) is 63.7 Å². The number of unbranched alkanes of at least 4 members (excludes halogenated alkanes) is 2. The monoisotopic (exact) mass is 547 g/mol. The molecule has 2 aromatic heterocycles. The number of fused-ring (bicyclic) bond motifs is 1. The minimum Gasteiger partial charge on any atom is -0.503 e. The first-order chi connectivity index (χ1) is 18.3. The summed E-state index contributed by atoms with van der Waals surface area (Å²) in [4.78, 5) is 38.3. The number of rotatable bonds is 9. The minimum atomic E-state index is -0.840. The van der Waals surface area contributed by atoms with E-state index >= 15 is 0 Å². The molecule has 1 aliphatic heterocycles. The fourth-order valence-electron chi connectivity index (χ4n) is 4.63. The predicted molar refractivity (Wildman–Crippen MR) is 152 cm³/mol. The first-order valence-corrected chi connectivity index (χ1v) is 14.3. The van der Waals surface area contributed by atoms with Crippen LogP contribution >= 0.6 is 22.7 Å². The second-order valence-electron chi connectivity index (χ2n) is 9.41. The van der Waals surface area contributed by atoms with Gasteiger partial charge in [-0.05, 0) is 62.6 Å². The van der Waals surface area contributed by atoms with Gasteiger partial charge in [-0.25, -0.2) is 9.97 Å². The van der Waals surface area contributed by atoms with Crippen molar-refractivity contribution in [2.24, 2.45) is 0 Å². The third-order valence-corrected chi connectivity index (χ3v) is 8.60. The van der Waals surface area contributed by atoms with Crippen molar-refractivity contribution >= 4 is 49.7 Å². The van der Waals surface area contributed by atoms with Crippen LogP contribution in [0.4, 0.5) is 5.13 Å². The van der Waals surface area contributed by atoms with Gasteiger partial charge in [-0.2, -0.15) is 0 Å². The SMILES string of the molecule is CCCCCOc1ccc(C2C(C(=O)c3sc(C)nc3C)=C(O)C(=O)N2c2nc3ccc(C)cc3s2)cc1. The molecule has 9 heteroatoms. The van der Waals surface area contributed by atoms with Crippen LogP contribution in [0.15, 0.2) is 53.8 Å². The van der Waals surface area contributed by atoms with Crippen LogP contribution in [0.5, 0.6) is 5.75 Å². The van der Waals surface area contributed by atoms with E-state index in [1.807, 2.05) is 56.3 Å². The average molecular weight is 548 g/mol. The number of anilines is 1. The van der Waals surface area contributed by atoms with Crippen LogP contribution in [0, 0.1) is 20.8 Å². The lowest BCUT2D eigenvalue weighted by atomic mass is 9.95. The van der Waals surface area contributed by atoms with Crippen LogP contribution in [0.25, 0.3) is 10.2 Å². The zero-order valence-electron chi connectivity index (χ0n) is 21.8. The molecule has 3 heterocycles. The largest absolute Gasteiger partial charge is 0.503 e. The minimum absolute atomic E-state index is 0.0359. The number of nitrogens with zero attached hydrogens (tertiary/aromatic N) is 3. The number of aryl methyl sites for hydroxylation is 3. The zero-order valence-corrected chi connectivity index (χ0v) is 23.4. The first kappa shape index (κ1) is 26.1. The smallest absolute Gasteiger partial charge is 0.296 e. The van der Waals surface area contributed by atoms with Gasteiger partial charge >= 0.3 is 0 Å². The van der Waals surface area contributed by atoms with E-state index in [9.17, 15) is 14.7 Å². The molecule has 2 aromatic carbocycles. The highest BCUT2D eigenvalue weighted by molar-refractivity contribution is 7.22. The zero-order chi connectivity index (χ0) is 27.0. The molecular formula is C29H29N3O4S2. The average Bonchev–Trinajstić information content (AvgIpc) is 3.54. The number of aliphatic hydroxyl groups excluding tert-OH is 1. The number of benzene rings is 2. The second kappa shape index (κ2) is 10.7. The van der Waals surface area contributed by atoms with E-state index in [-0.39, 0.29) is 5.57 Å². The van der Waals surface area contributed by atoms with E-state index in [0.717, 1.165) is 40.1 Å².